The number of hydrogen-bond donors (Lipinski definition) is 0. The molecule has 0 radical (unpaired) electrons. The Morgan fingerprint density at radius 1 is 1.22 bits per heavy atom. The molecular weight excluding hydrogens is 294 g/mol. The number of methoxy groups -OCH3 is 1. The molecule has 3 rings (SSSR count). The van der Waals surface area contributed by atoms with E-state index in [-0.39, 0.29) is 6.10 Å². The highest BCUT2D eigenvalue weighted by Crippen LogP contribution is 2.21. The predicted molar refractivity (Wildman–Crippen MR) is 84.1 cm³/mol. The van der Waals surface area contributed by atoms with Crippen molar-refractivity contribution in [1.82, 2.24) is 24.8 Å². The normalized spacial score (nSPS) is 18.8. The minimum Gasteiger partial charge on any atom is -0.467 e. The fraction of sp³-hybridized carbons (Fsp3) is 0.500. The Labute approximate surface area is 135 Å². The van der Waals surface area contributed by atoms with Gasteiger partial charge in [0.1, 0.15) is 6.10 Å². The first-order chi connectivity index (χ1) is 11.1. The number of ether oxygens (including phenoxy) is 2. The molecule has 7 nitrogen and oxygen atoms in total. The Hall–Kier alpha value is -2.12. The molecule has 0 spiro atoms. The third-order valence-corrected chi connectivity index (χ3v) is 3.71. The van der Waals surface area contributed by atoms with Crippen molar-refractivity contribution in [2.45, 2.75) is 26.5 Å². The van der Waals surface area contributed by atoms with Gasteiger partial charge in [-0.3, -0.25) is 4.90 Å². The van der Waals surface area contributed by atoms with Gasteiger partial charge in [0.15, 0.2) is 5.82 Å². The average Bonchev–Trinajstić information content (AvgIpc) is 2.55. The largest absolute Gasteiger partial charge is 0.467 e. The van der Waals surface area contributed by atoms with Gasteiger partial charge in [-0.05, 0) is 19.9 Å². The smallest absolute Gasteiger partial charge is 0.316 e. The summed E-state index contributed by atoms with van der Waals surface area (Å²) in [4.78, 5) is 19.6. The Kier molecular flexibility index (Phi) is 4.78. The fourth-order valence-electron chi connectivity index (χ4n) is 2.69. The SMILES string of the molecule is COc1ncc(CN2CCOC(c3nc(C)cc(C)n3)C2)cn1. The summed E-state index contributed by atoms with van der Waals surface area (Å²) in [6.45, 7) is 7.02. The Morgan fingerprint density at radius 3 is 2.57 bits per heavy atom. The van der Waals surface area contributed by atoms with Crippen LogP contribution >= 0.6 is 0 Å². The number of rotatable bonds is 4. The van der Waals surface area contributed by atoms with E-state index in [9.17, 15) is 0 Å². The van der Waals surface area contributed by atoms with E-state index in [1.807, 2.05) is 19.9 Å². The average molecular weight is 315 g/mol. The second kappa shape index (κ2) is 6.97. The number of hydrogen-bond acceptors (Lipinski definition) is 7. The van der Waals surface area contributed by atoms with E-state index in [0.717, 1.165) is 42.4 Å². The maximum absolute atomic E-state index is 5.86. The maximum Gasteiger partial charge on any atom is 0.316 e. The van der Waals surface area contributed by atoms with Crippen LogP contribution in [0.15, 0.2) is 18.5 Å². The van der Waals surface area contributed by atoms with Crippen LogP contribution in [0.4, 0.5) is 0 Å². The molecule has 122 valence electrons. The second-order valence-electron chi connectivity index (χ2n) is 5.68. The minimum atomic E-state index is -0.0958. The van der Waals surface area contributed by atoms with Gasteiger partial charge in [0.05, 0.1) is 13.7 Å². The Morgan fingerprint density at radius 2 is 1.91 bits per heavy atom. The summed E-state index contributed by atoms with van der Waals surface area (Å²) in [5.74, 6) is 0.762. The summed E-state index contributed by atoms with van der Waals surface area (Å²) in [5, 5.41) is 0. The van der Waals surface area contributed by atoms with Crippen molar-refractivity contribution >= 4 is 0 Å². The molecule has 1 atom stereocenters. The number of aryl methyl sites for hydroxylation is 2. The molecular formula is C16H21N5O2. The Bertz CT molecular complexity index is 642. The van der Waals surface area contributed by atoms with Crippen molar-refractivity contribution in [2.24, 2.45) is 0 Å². The van der Waals surface area contributed by atoms with Crippen LogP contribution in [0.3, 0.4) is 0 Å². The number of nitrogens with zero attached hydrogens (tertiary/aromatic N) is 5. The summed E-state index contributed by atoms with van der Waals surface area (Å²) in [5.41, 5.74) is 2.99. The molecule has 1 saturated heterocycles. The second-order valence-corrected chi connectivity index (χ2v) is 5.68. The highest BCUT2D eigenvalue weighted by Gasteiger charge is 2.24. The fourth-order valence-corrected chi connectivity index (χ4v) is 2.69. The molecule has 7 heteroatoms. The molecule has 2 aromatic heterocycles. The Balaban J connectivity index is 1.67. The molecule has 1 fully saturated rings. The van der Waals surface area contributed by atoms with E-state index in [1.54, 1.807) is 19.5 Å². The van der Waals surface area contributed by atoms with Gasteiger partial charge in [-0.25, -0.2) is 19.9 Å². The summed E-state index contributed by atoms with van der Waals surface area (Å²) in [6.07, 6.45) is 3.49. The third-order valence-electron chi connectivity index (χ3n) is 3.71. The molecule has 1 unspecified atom stereocenters. The van der Waals surface area contributed by atoms with Crippen LogP contribution in [0.1, 0.15) is 28.9 Å². The van der Waals surface area contributed by atoms with Crippen molar-refractivity contribution in [1.29, 1.82) is 0 Å². The highest BCUT2D eigenvalue weighted by atomic mass is 16.5. The molecule has 0 amide bonds. The van der Waals surface area contributed by atoms with Gasteiger partial charge in [-0.15, -0.1) is 0 Å². The van der Waals surface area contributed by atoms with Crippen LogP contribution in [0.5, 0.6) is 6.01 Å². The first kappa shape index (κ1) is 15.8. The van der Waals surface area contributed by atoms with Gasteiger partial charge in [0.2, 0.25) is 0 Å². The summed E-state index contributed by atoms with van der Waals surface area (Å²) < 4.78 is 10.8. The molecule has 0 saturated carbocycles. The van der Waals surface area contributed by atoms with Crippen LogP contribution in [-0.2, 0) is 11.3 Å². The van der Waals surface area contributed by atoms with E-state index < -0.39 is 0 Å². The van der Waals surface area contributed by atoms with Crippen molar-refractivity contribution in [3.63, 3.8) is 0 Å². The van der Waals surface area contributed by atoms with Crippen LogP contribution < -0.4 is 4.74 Å². The monoisotopic (exact) mass is 315 g/mol. The van der Waals surface area contributed by atoms with Crippen LogP contribution in [0.2, 0.25) is 0 Å². The lowest BCUT2D eigenvalue weighted by atomic mass is 10.2. The first-order valence-electron chi connectivity index (χ1n) is 7.65. The lowest BCUT2D eigenvalue weighted by Gasteiger charge is -2.32. The third kappa shape index (κ3) is 4.00. The quantitative estimate of drug-likeness (QED) is 0.845. The van der Waals surface area contributed by atoms with Gasteiger partial charge in [-0.1, -0.05) is 0 Å². The van der Waals surface area contributed by atoms with Crippen molar-refractivity contribution < 1.29 is 9.47 Å². The lowest BCUT2D eigenvalue weighted by molar-refractivity contribution is -0.0374. The molecule has 0 aromatic carbocycles. The van der Waals surface area contributed by atoms with Crippen molar-refractivity contribution in [3.8, 4) is 6.01 Å². The van der Waals surface area contributed by atoms with E-state index in [2.05, 4.69) is 24.8 Å². The molecule has 1 aliphatic heterocycles. The van der Waals surface area contributed by atoms with Gasteiger partial charge in [0.25, 0.3) is 0 Å². The van der Waals surface area contributed by atoms with E-state index in [0.29, 0.717) is 12.6 Å². The molecule has 2 aromatic rings. The first-order valence-corrected chi connectivity index (χ1v) is 7.65. The van der Waals surface area contributed by atoms with Crippen molar-refractivity contribution in [3.05, 3.63) is 41.2 Å². The zero-order valence-corrected chi connectivity index (χ0v) is 13.7. The number of aromatic nitrogens is 4. The van der Waals surface area contributed by atoms with E-state index >= 15 is 0 Å². The minimum absolute atomic E-state index is 0.0958. The van der Waals surface area contributed by atoms with Gasteiger partial charge < -0.3 is 9.47 Å². The standard InChI is InChI=1S/C16H21N5O2/c1-11-6-12(2)20-15(19-11)14-10-21(4-5-23-14)9-13-7-17-16(22-3)18-8-13/h6-8,14H,4-5,9-10H2,1-3H3. The maximum atomic E-state index is 5.86. The van der Waals surface area contributed by atoms with Crippen molar-refractivity contribution in [2.75, 3.05) is 26.8 Å². The van der Waals surface area contributed by atoms with E-state index in [4.69, 9.17) is 9.47 Å². The number of morpholine rings is 1. The van der Waals surface area contributed by atoms with Gasteiger partial charge >= 0.3 is 6.01 Å². The molecule has 3 heterocycles. The highest BCUT2D eigenvalue weighted by molar-refractivity contribution is 5.11. The molecule has 0 N–H and O–H groups in total. The molecule has 1 aliphatic rings. The predicted octanol–water partition coefficient (Wildman–Crippen LogP) is 1.47. The molecule has 23 heavy (non-hydrogen) atoms. The zero-order chi connectivity index (χ0) is 16.2. The topological polar surface area (TPSA) is 73.3 Å². The molecule has 0 bridgehead atoms. The summed E-state index contributed by atoms with van der Waals surface area (Å²) >= 11 is 0. The van der Waals surface area contributed by atoms with E-state index in [1.165, 1.54) is 0 Å². The van der Waals surface area contributed by atoms with Crippen LogP contribution in [0, 0.1) is 13.8 Å². The van der Waals surface area contributed by atoms with Crippen LogP contribution in [-0.4, -0.2) is 51.6 Å². The molecule has 0 aliphatic carbocycles. The lowest BCUT2D eigenvalue weighted by Crippen LogP contribution is -2.38. The summed E-state index contributed by atoms with van der Waals surface area (Å²) in [7, 11) is 1.56. The summed E-state index contributed by atoms with van der Waals surface area (Å²) in [6, 6.07) is 2.36. The van der Waals surface area contributed by atoms with Crippen LogP contribution in [0.25, 0.3) is 0 Å². The zero-order valence-electron chi connectivity index (χ0n) is 13.7. The van der Waals surface area contributed by atoms with Gasteiger partial charge in [-0.2, -0.15) is 0 Å². The van der Waals surface area contributed by atoms with Gasteiger partial charge in [0, 0.05) is 49.0 Å².